The molecule has 1 saturated heterocycles. The quantitative estimate of drug-likeness (QED) is 0.540. The van der Waals surface area contributed by atoms with E-state index >= 15 is 0 Å². The Balaban J connectivity index is 1.60. The summed E-state index contributed by atoms with van der Waals surface area (Å²) in [4.78, 5) is 0. The van der Waals surface area contributed by atoms with Crippen molar-refractivity contribution < 1.29 is 21.9 Å². The van der Waals surface area contributed by atoms with Crippen molar-refractivity contribution in [1.82, 2.24) is 0 Å². The maximum Gasteiger partial charge on any atom is 0.313 e. The van der Waals surface area contributed by atoms with Crippen LogP contribution >= 0.6 is 0 Å². The molecule has 1 fully saturated rings. The molecular weight excluding hydrogens is 456 g/mol. The molecule has 0 amide bonds. The minimum absolute atomic E-state index is 0.0214. The van der Waals surface area contributed by atoms with E-state index in [0.29, 0.717) is 0 Å². The van der Waals surface area contributed by atoms with E-state index in [1.807, 2.05) is 62.4 Å². The lowest BCUT2D eigenvalue weighted by atomic mass is 9.83. The Morgan fingerprint density at radius 2 is 1.33 bits per heavy atom. The van der Waals surface area contributed by atoms with E-state index in [9.17, 15) is 17.7 Å². The van der Waals surface area contributed by atoms with Gasteiger partial charge in [-0.2, -0.15) is 8.42 Å². The average molecular weight is 481 g/mol. The normalized spacial score (nSPS) is 24.3. The van der Waals surface area contributed by atoms with Gasteiger partial charge in [0.25, 0.3) is 0 Å². The standard InChI is InChI=1S/C26H24O5S2/c1-16-3-7-18(8-4-16)24-22-15-23(33(29,30)31-21-13-11-20(27)12-14-21)26(32(22)28)25(24)19-9-5-17(2)6-10-19/h3-14,22-23,26-27H,15H2,1-2H3/t22-,23-,26+,32?/m0/s1. The van der Waals surface area contributed by atoms with E-state index < -0.39 is 31.4 Å². The number of aromatic hydroxyl groups is 1. The van der Waals surface area contributed by atoms with E-state index in [1.54, 1.807) is 0 Å². The topological polar surface area (TPSA) is 80.7 Å². The van der Waals surface area contributed by atoms with Gasteiger partial charge in [0.2, 0.25) is 0 Å². The largest absolute Gasteiger partial charge is 0.508 e. The molecule has 5 rings (SSSR count). The Bertz CT molecular complexity index is 1360. The van der Waals surface area contributed by atoms with E-state index in [4.69, 9.17) is 4.18 Å². The zero-order chi connectivity index (χ0) is 23.3. The molecule has 3 aromatic rings. The number of phenols is 1. The van der Waals surface area contributed by atoms with Crippen molar-refractivity contribution in [2.24, 2.45) is 0 Å². The number of benzene rings is 3. The van der Waals surface area contributed by atoms with Crippen LogP contribution in [-0.2, 0) is 20.9 Å². The molecule has 5 nitrogen and oxygen atoms in total. The summed E-state index contributed by atoms with van der Waals surface area (Å²) >= 11 is 0. The highest BCUT2D eigenvalue weighted by atomic mass is 32.2. The molecule has 1 unspecified atom stereocenters. The molecule has 4 atom stereocenters. The van der Waals surface area contributed by atoms with Gasteiger partial charge in [-0.25, -0.2) is 0 Å². The molecule has 1 N–H and O–H groups in total. The third-order valence-electron chi connectivity index (χ3n) is 6.36. The number of aryl methyl sites for hydroxylation is 2. The fourth-order valence-electron chi connectivity index (χ4n) is 4.71. The fourth-order valence-corrected chi connectivity index (χ4v) is 9.09. The smallest absolute Gasteiger partial charge is 0.313 e. The van der Waals surface area contributed by atoms with Crippen molar-refractivity contribution in [3.63, 3.8) is 0 Å². The first-order chi connectivity index (χ1) is 15.7. The third kappa shape index (κ3) is 3.89. The summed E-state index contributed by atoms with van der Waals surface area (Å²) in [6, 6.07) is 21.6. The number of fused-ring (bicyclic) bond motifs is 2. The first-order valence-corrected chi connectivity index (χ1v) is 13.5. The van der Waals surface area contributed by atoms with Crippen LogP contribution in [0.3, 0.4) is 0 Å². The Morgan fingerprint density at radius 3 is 1.88 bits per heavy atom. The highest BCUT2D eigenvalue weighted by molar-refractivity contribution is 7.92. The Hall–Kier alpha value is -2.90. The van der Waals surface area contributed by atoms with Crippen LogP contribution in [-0.4, -0.2) is 33.5 Å². The molecule has 7 heteroatoms. The van der Waals surface area contributed by atoms with Crippen LogP contribution in [0.2, 0.25) is 0 Å². The highest BCUT2D eigenvalue weighted by Gasteiger charge is 2.57. The molecule has 2 aliphatic heterocycles. The minimum atomic E-state index is -4.06. The van der Waals surface area contributed by atoms with Crippen LogP contribution in [0, 0.1) is 13.8 Å². The molecule has 0 aliphatic carbocycles. The fraction of sp³-hybridized carbons (Fsp3) is 0.231. The van der Waals surface area contributed by atoms with Crippen LogP contribution in [0.25, 0.3) is 11.1 Å². The van der Waals surface area contributed by atoms with Crippen LogP contribution in [0.5, 0.6) is 11.5 Å². The number of rotatable bonds is 5. The molecule has 2 heterocycles. The maximum absolute atomic E-state index is 13.5. The maximum atomic E-state index is 13.5. The zero-order valence-corrected chi connectivity index (χ0v) is 19.9. The lowest BCUT2D eigenvalue weighted by Crippen LogP contribution is -2.35. The summed E-state index contributed by atoms with van der Waals surface area (Å²) in [7, 11) is -5.44. The van der Waals surface area contributed by atoms with Crippen molar-refractivity contribution in [2.75, 3.05) is 0 Å². The summed E-state index contributed by atoms with van der Waals surface area (Å²) in [5, 5.41) is 7.51. The predicted octanol–water partition coefficient (Wildman–Crippen LogP) is 4.60. The van der Waals surface area contributed by atoms with Gasteiger partial charge in [-0.1, -0.05) is 59.7 Å². The molecule has 0 spiro atoms. The van der Waals surface area contributed by atoms with Gasteiger partial charge < -0.3 is 9.29 Å². The third-order valence-corrected chi connectivity index (χ3v) is 10.2. The van der Waals surface area contributed by atoms with Crippen molar-refractivity contribution in [1.29, 1.82) is 0 Å². The molecule has 0 radical (unpaired) electrons. The van der Waals surface area contributed by atoms with Crippen LogP contribution < -0.4 is 4.18 Å². The molecule has 3 aromatic carbocycles. The summed E-state index contributed by atoms with van der Waals surface area (Å²) in [5.74, 6) is 0.147. The summed E-state index contributed by atoms with van der Waals surface area (Å²) in [6.07, 6.45) is 0.246. The number of phenolic OH excluding ortho intramolecular Hbond substituents is 1. The first-order valence-electron chi connectivity index (χ1n) is 10.7. The SMILES string of the molecule is Cc1ccc(C2=C(c3ccc(C)cc3)[C@H]3[C@@H](S(=O)(=O)Oc4ccc(O)cc4)C[C@@H]2S3=O)cc1. The summed E-state index contributed by atoms with van der Waals surface area (Å²) < 4.78 is 45.5. The van der Waals surface area contributed by atoms with E-state index in [1.165, 1.54) is 24.3 Å². The van der Waals surface area contributed by atoms with Gasteiger partial charge in [-0.05, 0) is 66.8 Å². The number of hydrogen-bond donors (Lipinski definition) is 1. The van der Waals surface area contributed by atoms with Gasteiger partial charge in [-0.15, -0.1) is 0 Å². The van der Waals surface area contributed by atoms with Gasteiger partial charge in [0.1, 0.15) is 16.7 Å². The monoisotopic (exact) mass is 480 g/mol. The van der Waals surface area contributed by atoms with Crippen LogP contribution in [0.1, 0.15) is 28.7 Å². The lowest BCUT2D eigenvalue weighted by molar-refractivity contribution is 0.462. The van der Waals surface area contributed by atoms with Gasteiger partial charge >= 0.3 is 10.1 Å². The molecule has 170 valence electrons. The van der Waals surface area contributed by atoms with Crippen molar-refractivity contribution in [3.8, 4) is 11.5 Å². The van der Waals surface area contributed by atoms with Gasteiger partial charge in [0.15, 0.2) is 0 Å². The summed E-state index contributed by atoms with van der Waals surface area (Å²) in [6.45, 7) is 4.01. The van der Waals surface area contributed by atoms with Gasteiger partial charge in [0.05, 0.1) is 10.5 Å². The van der Waals surface area contributed by atoms with Crippen LogP contribution in [0.15, 0.2) is 72.8 Å². The van der Waals surface area contributed by atoms with E-state index in [2.05, 4.69) is 0 Å². The van der Waals surface area contributed by atoms with Crippen LogP contribution in [0.4, 0.5) is 0 Å². The van der Waals surface area contributed by atoms with Gasteiger partial charge in [-0.3, -0.25) is 4.21 Å². The van der Waals surface area contributed by atoms with Crippen molar-refractivity contribution in [3.05, 3.63) is 95.1 Å². The highest BCUT2D eigenvalue weighted by Crippen LogP contribution is 2.52. The first kappa shape index (κ1) is 21.9. The molecule has 2 aliphatic rings. The second-order valence-electron chi connectivity index (χ2n) is 8.64. The molecule has 2 bridgehead atoms. The zero-order valence-electron chi connectivity index (χ0n) is 18.3. The minimum Gasteiger partial charge on any atom is -0.508 e. The van der Waals surface area contributed by atoms with E-state index in [-0.39, 0.29) is 23.2 Å². The van der Waals surface area contributed by atoms with Gasteiger partial charge in [0, 0.05) is 10.8 Å². The molecule has 0 saturated carbocycles. The van der Waals surface area contributed by atoms with Crippen molar-refractivity contribution in [2.45, 2.75) is 36.0 Å². The Kier molecular flexibility index (Phi) is 5.41. The average Bonchev–Trinajstić information content (AvgIpc) is 3.27. The van der Waals surface area contributed by atoms with Crippen molar-refractivity contribution >= 4 is 32.1 Å². The second kappa shape index (κ2) is 8.15. The predicted molar refractivity (Wildman–Crippen MR) is 131 cm³/mol. The molecule has 33 heavy (non-hydrogen) atoms. The lowest BCUT2D eigenvalue weighted by Gasteiger charge is -2.25. The molecular formula is C26H24O5S2. The van der Waals surface area contributed by atoms with E-state index in [0.717, 1.165) is 33.4 Å². The Morgan fingerprint density at radius 1 is 0.818 bits per heavy atom. The summed E-state index contributed by atoms with van der Waals surface area (Å²) in [5.41, 5.74) is 5.90. The molecule has 0 aromatic heterocycles. The Labute approximate surface area is 196 Å². The number of hydrogen-bond acceptors (Lipinski definition) is 5. The second-order valence-corrected chi connectivity index (χ2v) is 12.1.